The molecule has 0 amide bonds. The number of imidazole rings is 1. The molecule has 1 aliphatic rings. The highest BCUT2D eigenvalue weighted by Crippen LogP contribution is 2.41. The topological polar surface area (TPSA) is 41.6 Å². The first-order chi connectivity index (χ1) is 7.25. The number of hydrogen-bond donors (Lipinski definition) is 1. The first kappa shape index (κ1) is 8.89. The number of aromatic amines is 1. The third-order valence-corrected chi connectivity index (χ3v) is 3.38. The van der Waals surface area contributed by atoms with Gasteiger partial charge in [0, 0.05) is 12.1 Å². The molecule has 1 unspecified atom stereocenters. The minimum atomic E-state index is 0.554. The zero-order valence-corrected chi connectivity index (χ0v) is 9.12. The second-order valence-electron chi connectivity index (χ2n) is 4.57. The molecule has 1 fully saturated rings. The second kappa shape index (κ2) is 3.05. The van der Waals surface area contributed by atoms with Crippen LogP contribution in [0.15, 0.2) is 12.3 Å². The lowest BCUT2D eigenvalue weighted by Gasteiger charge is -2.04. The fraction of sp³-hybridized carbons (Fsp3) is 0.500. The van der Waals surface area contributed by atoms with E-state index in [1.165, 1.54) is 18.4 Å². The Labute approximate surface area is 88.9 Å². The van der Waals surface area contributed by atoms with Gasteiger partial charge in [-0.25, -0.2) is 9.97 Å². The zero-order valence-electron chi connectivity index (χ0n) is 9.12. The predicted molar refractivity (Wildman–Crippen MR) is 59.8 cm³/mol. The molecule has 2 aromatic rings. The average molecular weight is 201 g/mol. The van der Waals surface area contributed by atoms with Gasteiger partial charge in [0.1, 0.15) is 5.82 Å². The Morgan fingerprint density at radius 1 is 1.47 bits per heavy atom. The first-order valence-corrected chi connectivity index (χ1v) is 5.57. The quantitative estimate of drug-likeness (QED) is 0.811. The van der Waals surface area contributed by atoms with Gasteiger partial charge >= 0.3 is 0 Å². The van der Waals surface area contributed by atoms with E-state index in [-0.39, 0.29) is 0 Å². The third-order valence-electron chi connectivity index (χ3n) is 3.38. The summed E-state index contributed by atoms with van der Waals surface area (Å²) in [5.74, 6) is 2.50. The molecule has 0 aromatic carbocycles. The predicted octanol–water partition coefficient (Wildman–Crippen LogP) is 2.78. The average Bonchev–Trinajstić information content (AvgIpc) is 2.97. The lowest BCUT2D eigenvalue weighted by molar-refractivity contribution is 0.630. The minimum absolute atomic E-state index is 0.554. The molecule has 2 heterocycles. The van der Waals surface area contributed by atoms with Gasteiger partial charge in [0.15, 0.2) is 5.65 Å². The molecule has 3 rings (SSSR count). The molecule has 3 heteroatoms. The van der Waals surface area contributed by atoms with Gasteiger partial charge in [0.25, 0.3) is 0 Å². The van der Waals surface area contributed by atoms with Crippen molar-refractivity contribution in [1.29, 1.82) is 0 Å². The van der Waals surface area contributed by atoms with Crippen LogP contribution in [0.1, 0.15) is 37.1 Å². The maximum Gasteiger partial charge on any atom is 0.177 e. The van der Waals surface area contributed by atoms with Crippen molar-refractivity contribution in [2.75, 3.05) is 0 Å². The van der Waals surface area contributed by atoms with Crippen molar-refractivity contribution < 1.29 is 0 Å². The number of rotatable bonds is 2. The summed E-state index contributed by atoms with van der Waals surface area (Å²) in [6.45, 7) is 4.35. The molecule has 1 atom stereocenters. The molecule has 1 saturated carbocycles. The highest BCUT2D eigenvalue weighted by molar-refractivity contribution is 5.74. The maximum absolute atomic E-state index is 4.57. The minimum Gasteiger partial charge on any atom is -0.340 e. The summed E-state index contributed by atoms with van der Waals surface area (Å²) in [6, 6.07) is 2.02. The summed E-state index contributed by atoms with van der Waals surface area (Å²) in [4.78, 5) is 12.3. The molecule has 3 nitrogen and oxygen atoms in total. The molecule has 2 aromatic heterocycles. The van der Waals surface area contributed by atoms with Crippen LogP contribution in [0.4, 0.5) is 0 Å². The summed E-state index contributed by atoms with van der Waals surface area (Å²) in [7, 11) is 0. The van der Waals surface area contributed by atoms with E-state index in [9.17, 15) is 0 Å². The number of fused-ring (bicyclic) bond motifs is 1. The Bertz CT molecular complexity index is 497. The number of nitrogens with one attached hydrogen (secondary N) is 1. The van der Waals surface area contributed by atoms with Crippen molar-refractivity contribution in [2.24, 2.45) is 5.92 Å². The van der Waals surface area contributed by atoms with E-state index in [1.54, 1.807) is 0 Å². The molecule has 78 valence electrons. The van der Waals surface area contributed by atoms with Crippen LogP contribution < -0.4 is 0 Å². The normalized spacial score (nSPS) is 18.3. The smallest absolute Gasteiger partial charge is 0.177 e. The first-order valence-electron chi connectivity index (χ1n) is 5.57. The van der Waals surface area contributed by atoms with Gasteiger partial charge in [0.2, 0.25) is 0 Å². The molecule has 0 spiro atoms. The SMILES string of the molecule is Cc1ccnc2nc(C(C)C3CC3)[nH]c12. The third kappa shape index (κ3) is 1.42. The number of nitrogens with zero attached hydrogens (tertiary/aromatic N) is 2. The zero-order chi connectivity index (χ0) is 10.4. The summed E-state index contributed by atoms with van der Waals surface area (Å²) in [5, 5.41) is 0. The molecule has 15 heavy (non-hydrogen) atoms. The molecule has 0 radical (unpaired) electrons. The van der Waals surface area contributed by atoms with Gasteiger partial charge in [-0.05, 0) is 37.3 Å². The van der Waals surface area contributed by atoms with Gasteiger partial charge in [-0.3, -0.25) is 0 Å². The van der Waals surface area contributed by atoms with Crippen molar-refractivity contribution in [3.8, 4) is 0 Å². The highest BCUT2D eigenvalue weighted by atomic mass is 15.0. The van der Waals surface area contributed by atoms with Crippen LogP contribution >= 0.6 is 0 Å². The Kier molecular flexibility index (Phi) is 1.81. The molecular weight excluding hydrogens is 186 g/mol. The molecule has 1 aliphatic carbocycles. The van der Waals surface area contributed by atoms with E-state index in [1.807, 2.05) is 12.3 Å². The number of aromatic nitrogens is 3. The van der Waals surface area contributed by atoms with Gasteiger partial charge in [0.05, 0.1) is 5.52 Å². The standard InChI is InChI=1S/C12H15N3/c1-7-5-6-13-12-10(7)14-11(15-12)8(2)9-3-4-9/h5-6,8-9H,3-4H2,1-2H3,(H,13,14,15). The number of aryl methyl sites for hydroxylation is 1. The summed E-state index contributed by atoms with van der Waals surface area (Å²) in [6.07, 6.45) is 4.53. The van der Waals surface area contributed by atoms with E-state index >= 15 is 0 Å². The lowest BCUT2D eigenvalue weighted by Crippen LogP contribution is -1.97. The van der Waals surface area contributed by atoms with Crippen LogP contribution in [0, 0.1) is 12.8 Å². The Morgan fingerprint density at radius 2 is 2.27 bits per heavy atom. The van der Waals surface area contributed by atoms with E-state index in [2.05, 4.69) is 28.8 Å². The van der Waals surface area contributed by atoms with Crippen molar-refractivity contribution in [3.63, 3.8) is 0 Å². The van der Waals surface area contributed by atoms with Crippen LogP contribution in [0.3, 0.4) is 0 Å². The molecule has 0 aliphatic heterocycles. The van der Waals surface area contributed by atoms with Crippen molar-refractivity contribution in [2.45, 2.75) is 32.6 Å². The second-order valence-corrected chi connectivity index (χ2v) is 4.57. The molecule has 0 saturated heterocycles. The molecule has 1 N–H and O–H groups in total. The van der Waals surface area contributed by atoms with E-state index in [0.717, 1.165) is 22.9 Å². The van der Waals surface area contributed by atoms with Gasteiger partial charge in [-0.2, -0.15) is 0 Å². The van der Waals surface area contributed by atoms with Gasteiger partial charge < -0.3 is 4.98 Å². The van der Waals surface area contributed by atoms with Crippen LogP contribution in [0.2, 0.25) is 0 Å². The van der Waals surface area contributed by atoms with Crippen LogP contribution in [-0.4, -0.2) is 15.0 Å². The van der Waals surface area contributed by atoms with Crippen LogP contribution in [0.5, 0.6) is 0 Å². The van der Waals surface area contributed by atoms with Crippen LogP contribution in [0.25, 0.3) is 11.2 Å². The Morgan fingerprint density at radius 3 is 2.93 bits per heavy atom. The summed E-state index contributed by atoms with van der Waals surface area (Å²) >= 11 is 0. The van der Waals surface area contributed by atoms with Crippen molar-refractivity contribution in [3.05, 3.63) is 23.7 Å². The van der Waals surface area contributed by atoms with Gasteiger partial charge in [-0.15, -0.1) is 0 Å². The van der Waals surface area contributed by atoms with E-state index in [0.29, 0.717) is 5.92 Å². The maximum atomic E-state index is 4.57. The summed E-state index contributed by atoms with van der Waals surface area (Å²) in [5.41, 5.74) is 3.18. The Hall–Kier alpha value is -1.38. The highest BCUT2D eigenvalue weighted by Gasteiger charge is 2.30. The summed E-state index contributed by atoms with van der Waals surface area (Å²) < 4.78 is 0. The number of hydrogen-bond acceptors (Lipinski definition) is 2. The van der Waals surface area contributed by atoms with E-state index < -0.39 is 0 Å². The fourth-order valence-corrected chi connectivity index (χ4v) is 2.09. The largest absolute Gasteiger partial charge is 0.340 e. The van der Waals surface area contributed by atoms with Gasteiger partial charge in [-0.1, -0.05) is 6.92 Å². The molecular formula is C12H15N3. The molecule has 0 bridgehead atoms. The Balaban J connectivity index is 2.09. The van der Waals surface area contributed by atoms with Crippen molar-refractivity contribution in [1.82, 2.24) is 15.0 Å². The lowest BCUT2D eigenvalue weighted by atomic mass is 10.1. The van der Waals surface area contributed by atoms with Crippen LogP contribution in [-0.2, 0) is 0 Å². The van der Waals surface area contributed by atoms with E-state index in [4.69, 9.17) is 0 Å². The fourth-order valence-electron chi connectivity index (χ4n) is 2.09. The monoisotopic (exact) mass is 201 g/mol. The van der Waals surface area contributed by atoms with Crippen molar-refractivity contribution >= 4 is 11.2 Å². The number of H-pyrrole nitrogens is 1. The number of pyridine rings is 1.